The fourth-order valence-electron chi connectivity index (χ4n) is 3.46. The third kappa shape index (κ3) is 6.87. The first kappa shape index (κ1) is 26.6. The Labute approximate surface area is 225 Å². The molecule has 0 aliphatic heterocycles. The quantitative estimate of drug-likeness (QED) is 0.201. The number of carbonyl (C=O) groups is 1. The molecule has 0 bridgehead atoms. The summed E-state index contributed by atoms with van der Waals surface area (Å²) >= 11 is 12.4. The van der Waals surface area contributed by atoms with Crippen LogP contribution in [0.5, 0.6) is 0 Å². The molecule has 7 nitrogen and oxygen atoms in total. The number of benzene rings is 3. The predicted molar refractivity (Wildman–Crippen MR) is 144 cm³/mol. The lowest BCUT2D eigenvalue weighted by Gasteiger charge is -2.22. The number of amides is 1. The van der Waals surface area contributed by atoms with Crippen molar-refractivity contribution in [2.45, 2.75) is 24.9 Å². The van der Waals surface area contributed by atoms with E-state index in [1.807, 2.05) is 13.0 Å². The number of hydrogen-bond donors (Lipinski definition) is 1. The van der Waals surface area contributed by atoms with Crippen molar-refractivity contribution >= 4 is 45.3 Å². The largest absolute Gasteiger partial charge is 0.459 e. The molecule has 0 atom stereocenters. The van der Waals surface area contributed by atoms with Crippen molar-refractivity contribution in [2.24, 2.45) is 5.10 Å². The summed E-state index contributed by atoms with van der Waals surface area (Å²) in [7, 11) is -3.90. The van der Waals surface area contributed by atoms with E-state index < -0.39 is 10.0 Å². The zero-order valence-corrected chi connectivity index (χ0v) is 22.1. The van der Waals surface area contributed by atoms with E-state index in [0.717, 1.165) is 5.56 Å². The maximum Gasteiger partial charge on any atom is 0.271 e. The first-order valence-electron chi connectivity index (χ1n) is 11.2. The van der Waals surface area contributed by atoms with E-state index in [1.165, 1.54) is 10.5 Å². The van der Waals surface area contributed by atoms with E-state index in [-0.39, 0.29) is 23.9 Å². The van der Waals surface area contributed by atoms with Crippen molar-refractivity contribution in [1.29, 1.82) is 0 Å². The fraction of sp³-hybridized carbons (Fsp3) is 0.111. The number of halogens is 2. The Kier molecular flexibility index (Phi) is 8.45. The third-order valence-electron chi connectivity index (χ3n) is 5.43. The summed E-state index contributed by atoms with van der Waals surface area (Å²) in [6, 6.07) is 23.5. The van der Waals surface area contributed by atoms with Crippen molar-refractivity contribution < 1.29 is 17.6 Å². The first-order valence-corrected chi connectivity index (χ1v) is 13.4. The average molecular weight is 556 g/mol. The average Bonchev–Trinajstić information content (AvgIpc) is 3.33. The number of aryl methyl sites for hydroxylation is 1. The monoisotopic (exact) mass is 555 g/mol. The van der Waals surface area contributed by atoms with Crippen molar-refractivity contribution in [3.05, 3.63) is 123 Å². The molecule has 0 fully saturated rings. The van der Waals surface area contributed by atoms with Crippen LogP contribution in [-0.4, -0.2) is 24.8 Å². The van der Waals surface area contributed by atoms with E-state index >= 15 is 0 Å². The van der Waals surface area contributed by atoms with Crippen LogP contribution in [0.4, 0.5) is 0 Å². The highest BCUT2D eigenvalue weighted by molar-refractivity contribution is 7.89. The molecule has 190 valence electrons. The van der Waals surface area contributed by atoms with Gasteiger partial charge in [0.2, 0.25) is 10.0 Å². The van der Waals surface area contributed by atoms with E-state index in [4.69, 9.17) is 27.6 Å². The molecule has 4 aromatic rings. The Morgan fingerprint density at radius 3 is 2.41 bits per heavy atom. The van der Waals surface area contributed by atoms with Crippen LogP contribution >= 0.6 is 23.2 Å². The van der Waals surface area contributed by atoms with Crippen molar-refractivity contribution in [3.63, 3.8) is 0 Å². The van der Waals surface area contributed by atoms with Gasteiger partial charge in [0.1, 0.15) is 11.5 Å². The minimum atomic E-state index is -3.90. The number of carbonyl (C=O) groups excluding carboxylic acids is 1. The lowest BCUT2D eigenvalue weighted by Crippen LogP contribution is -2.30. The number of hydrogen-bond acceptors (Lipinski definition) is 5. The molecular formula is C27H23Cl2N3O4S. The van der Waals surface area contributed by atoms with Crippen LogP contribution in [0.15, 0.2) is 99.3 Å². The van der Waals surface area contributed by atoms with Gasteiger partial charge < -0.3 is 4.42 Å². The minimum Gasteiger partial charge on any atom is -0.459 e. The third-order valence-corrected chi connectivity index (χ3v) is 7.82. The van der Waals surface area contributed by atoms with Crippen LogP contribution < -0.4 is 5.43 Å². The second-order valence-electron chi connectivity index (χ2n) is 8.19. The van der Waals surface area contributed by atoms with E-state index in [2.05, 4.69) is 10.5 Å². The highest BCUT2D eigenvalue weighted by atomic mass is 35.5. The fourth-order valence-corrected chi connectivity index (χ4v) is 5.31. The zero-order chi connectivity index (χ0) is 26.4. The predicted octanol–water partition coefficient (Wildman–Crippen LogP) is 6.05. The van der Waals surface area contributed by atoms with Crippen LogP contribution in [0, 0.1) is 6.92 Å². The normalized spacial score (nSPS) is 11.8. The summed E-state index contributed by atoms with van der Waals surface area (Å²) in [6.07, 6.45) is 1.35. The smallest absolute Gasteiger partial charge is 0.271 e. The molecule has 0 saturated carbocycles. The standard InChI is InChI=1S/C27H23Cl2N3O4S/c1-19-7-13-25(14-8-19)37(34,35)32(17-21-9-10-22(28)15-26(21)29)18-24-12-11-23(36-24)16-30-31-27(33)20-5-3-2-4-6-20/h2-16H,17-18H2,1H3,(H,31,33)/b30-16-. The Bertz CT molecular complexity index is 1520. The van der Waals surface area contributed by atoms with Crippen LogP contribution in [0.1, 0.15) is 33.0 Å². The maximum atomic E-state index is 13.6. The van der Waals surface area contributed by atoms with Gasteiger partial charge in [-0.1, -0.05) is 65.2 Å². The molecule has 1 amide bonds. The van der Waals surface area contributed by atoms with Gasteiger partial charge in [-0.3, -0.25) is 4.79 Å². The Morgan fingerprint density at radius 2 is 1.70 bits per heavy atom. The van der Waals surface area contributed by atoms with Crippen molar-refractivity contribution in [3.8, 4) is 0 Å². The van der Waals surface area contributed by atoms with Gasteiger partial charge in [0.25, 0.3) is 5.91 Å². The summed E-state index contributed by atoms with van der Waals surface area (Å²) in [4.78, 5) is 12.3. The van der Waals surface area contributed by atoms with Crippen molar-refractivity contribution in [2.75, 3.05) is 0 Å². The van der Waals surface area contributed by atoms with Crippen molar-refractivity contribution in [1.82, 2.24) is 9.73 Å². The molecule has 10 heteroatoms. The highest BCUT2D eigenvalue weighted by Gasteiger charge is 2.27. The lowest BCUT2D eigenvalue weighted by molar-refractivity contribution is 0.0955. The molecule has 0 aliphatic carbocycles. The van der Waals surface area contributed by atoms with Gasteiger partial charge in [0.15, 0.2) is 0 Å². The van der Waals surface area contributed by atoms with Gasteiger partial charge in [-0.25, -0.2) is 13.8 Å². The second kappa shape index (κ2) is 11.7. The molecule has 4 rings (SSSR count). The van der Waals surface area contributed by atoms with E-state index in [1.54, 1.807) is 78.9 Å². The number of furan rings is 1. The van der Waals surface area contributed by atoms with Gasteiger partial charge >= 0.3 is 0 Å². The SMILES string of the molecule is Cc1ccc(S(=O)(=O)N(Cc2ccc(/C=N\NC(=O)c3ccccc3)o2)Cc2ccc(Cl)cc2Cl)cc1. The minimum absolute atomic E-state index is 0.00344. The molecule has 0 spiro atoms. The first-order chi connectivity index (χ1) is 17.7. The maximum absolute atomic E-state index is 13.6. The zero-order valence-electron chi connectivity index (χ0n) is 19.8. The number of hydrazone groups is 1. The van der Waals surface area contributed by atoms with Gasteiger partial charge in [-0.05, 0) is 61.0 Å². The van der Waals surface area contributed by atoms with Crippen LogP contribution in [0.25, 0.3) is 0 Å². The molecule has 1 N–H and O–H groups in total. The Balaban J connectivity index is 1.54. The van der Waals surface area contributed by atoms with E-state index in [9.17, 15) is 13.2 Å². The number of nitrogens with zero attached hydrogens (tertiary/aromatic N) is 2. The topological polar surface area (TPSA) is 92.0 Å². The molecule has 0 radical (unpaired) electrons. The summed E-state index contributed by atoms with van der Waals surface area (Å²) in [6.45, 7) is 1.83. The molecule has 0 aliphatic rings. The van der Waals surface area contributed by atoms with Gasteiger partial charge in [-0.15, -0.1) is 0 Å². The number of nitrogens with one attached hydrogen (secondary N) is 1. The van der Waals surface area contributed by atoms with Gasteiger partial charge in [0.05, 0.1) is 17.7 Å². The molecule has 3 aromatic carbocycles. The van der Waals surface area contributed by atoms with Crippen LogP contribution in [-0.2, 0) is 23.1 Å². The Morgan fingerprint density at radius 1 is 0.973 bits per heavy atom. The lowest BCUT2D eigenvalue weighted by atomic mass is 10.2. The number of sulfonamides is 1. The van der Waals surface area contributed by atoms with Gasteiger partial charge in [-0.2, -0.15) is 9.41 Å². The van der Waals surface area contributed by atoms with Crippen LogP contribution in [0.2, 0.25) is 10.0 Å². The van der Waals surface area contributed by atoms with E-state index in [0.29, 0.717) is 32.7 Å². The van der Waals surface area contributed by atoms with Crippen LogP contribution in [0.3, 0.4) is 0 Å². The summed E-state index contributed by atoms with van der Waals surface area (Å²) < 4.78 is 34.2. The molecule has 1 heterocycles. The summed E-state index contributed by atoms with van der Waals surface area (Å²) in [5.74, 6) is 0.371. The van der Waals surface area contributed by atoms with Gasteiger partial charge in [0, 0.05) is 22.2 Å². The molecule has 0 saturated heterocycles. The molecule has 0 unspecified atom stereocenters. The highest BCUT2D eigenvalue weighted by Crippen LogP contribution is 2.27. The number of rotatable bonds is 9. The second-order valence-corrected chi connectivity index (χ2v) is 11.0. The summed E-state index contributed by atoms with van der Waals surface area (Å²) in [5, 5.41) is 4.74. The Hall–Kier alpha value is -3.43. The molecule has 37 heavy (non-hydrogen) atoms. The molecular weight excluding hydrogens is 533 g/mol. The summed E-state index contributed by atoms with van der Waals surface area (Å²) in [5.41, 5.74) is 4.44. The molecule has 1 aromatic heterocycles.